The zero-order chi connectivity index (χ0) is 24.5. The van der Waals surface area contributed by atoms with Crippen molar-refractivity contribution in [3.05, 3.63) is 69.5 Å². The maximum absolute atomic E-state index is 12.5. The standard InChI is InChI=1S/C25H24ClN5O3/c1-2-3-4-5-9-21(32)24(34)28-19-8-6-7-16(14-19)22-20(15-27)23(33)31-25(30-22)29-18-12-10-17(26)11-13-18/h6-8,10-14H,2-5,9H2,1H3,(H,28,34)(H2,29,30,31,33). The number of hydrogen-bond donors (Lipinski definition) is 3. The zero-order valence-electron chi connectivity index (χ0n) is 18.7. The third-order valence-electron chi connectivity index (χ3n) is 5.04. The fraction of sp³-hybridized carbons (Fsp3) is 0.240. The number of nitrogens with zero attached hydrogens (tertiary/aromatic N) is 2. The van der Waals surface area contributed by atoms with Crippen LogP contribution in [0.1, 0.15) is 44.6 Å². The van der Waals surface area contributed by atoms with Gasteiger partial charge in [0, 0.05) is 28.4 Å². The Morgan fingerprint density at radius 3 is 2.56 bits per heavy atom. The number of nitrogens with one attached hydrogen (secondary N) is 3. The molecule has 0 fully saturated rings. The van der Waals surface area contributed by atoms with Gasteiger partial charge in [0.15, 0.2) is 0 Å². The van der Waals surface area contributed by atoms with Crippen molar-refractivity contribution in [3.8, 4) is 17.3 Å². The first-order valence-corrected chi connectivity index (χ1v) is 11.3. The number of halogens is 1. The minimum atomic E-state index is -0.696. The van der Waals surface area contributed by atoms with E-state index in [-0.39, 0.29) is 23.6 Å². The number of hydrogen-bond acceptors (Lipinski definition) is 6. The van der Waals surface area contributed by atoms with Crippen LogP contribution in [0.2, 0.25) is 5.02 Å². The molecule has 1 amide bonds. The lowest BCUT2D eigenvalue weighted by molar-refractivity contribution is -0.134. The van der Waals surface area contributed by atoms with Gasteiger partial charge >= 0.3 is 0 Å². The summed E-state index contributed by atoms with van der Waals surface area (Å²) in [5.41, 5.74) is 0.807. The Morgan fingerprint density at radius 2 is 1.85 bits per heavy atom. The number of amides is 1. The molecule has 0 aliphatic rings. The van der Waals surface area contributed by atoms with E-state index in [1.807, 2.05) is 6.07 Å². The largest absolute Gasteiger partial charge is 0.326 e. The molecule has 0 saturated carbocycles. The summed E-state index contributed by atoms with van der Waals surface area (Å²) in [5.74, 6) is -1.04. The van der Waals surface area contributed by atoms with Gasteiger partial charge in [-0.05, 0) is 42.8 Å². The fourth-order valence-corrected chi connectivity index (χ4v) is 3.41. The predicted molar refractivity (Wildman–Crippen MR) is 132 cm³/mol. The molecule has 0 aliphatic heterocycles. The van der Waals surface area contributed by atoms with Gasteiger partial charge in [0.05, 0.1) is 5.69 Å². The number of aromatic amines is 1. The molecular weight excluding hydrogens is 454 g/mol. The summed E-state index contributed by atoms with van der Waals surface area (Å²) in [6, 6.07) is 15.2. The van der Waals surface area contributed by atoms with E-state index >= 15 is 0 Å². The van der Waals surface area contributed by atoms with Gasteiger partial charge in [0.1, 0.15) is 11.6 Å². The van der Waals surface area contributed by atoms with Gasteiger partial charge < -0.3 is 10.6 Å². The van der Waals surface area contributed by atoms with Crippen LogP contribution in [-0.2, 0) is 9.59 Å². The molecule has 34 heavy (non-hydrogen) atoms. The number of carbonyl (C=O) groups excluding carboxylic acids is 2. The molecule has 0 aliphatic carbocycles. The summed E-state index contributed by atoms with van der Waals surface area (Å²) in [6.45, 7) is 2.07. The van der Waals surface area contributed by atoms with Crippen molar-refractivity contribution in [2.45, 2.75) is 39.0 Å². The van der Waals surface area contributed by atoms with Gasteiger partial charge in [0.25, 0.3) is 11.5 Å². The summed E-state index contributed by atoms with van der Waals surface area (Å²) in [7, 11) is 0. The molecule has 8 nitrogen and oxygen atoms in total. The first-order valence-electron chi connectivity index (χ1n) is 10.9. The molecule has 0 saturated heterocycles. The van der Waals surface area contributed by atoms with E-state index in [2.05, 4.69) is 27.5 Å². The van der Waals surface area contributed by atoms with Crippen molar-refractivity contribution >= 4 is 40.6 Å². The Morgan fingerprint density at radius 1 is 1.09 bits per heavy atom. The molecule has 0 unspecified atom stereocenters. The number of rotatable bonds is 10. The third-order valence-corrected chi connectivity index (χ3v) is 5.29. The second-order valence-corrected chi connectivity index (χ2v) is 8.09. The smallest absolute Gasteiger partial charge is 0.291 e. The van der Waals surface area contributed by atoms with Crippen LogP contribution in [0, 0.1) is 11.3 Å². The molecular formula is C25H24ClN5O3. The SMILES string of the molecule is CCCCCCC(=O)C(=O)Nc1cccc(-c2nc(Nc3ccc(Cl)cc3)[nH]c(=O)c2C#N)c1. The Balaban J connectivity index is 1.83. The van der Waals surface area contributed by atoms with Gasteiger partial charge in [0.2, 0.25) is 11.7 Å². The average Bonchev–Trinajstić information content (AvgIpc) is 2.83. The molecule has 0 atom stereocenters. The minimum Gasteiger partial charge on any atom is -0.326 e. The fourth-order valence-electron chi connectivity index (χ4n) is 3.29. The molecule has 0 spiro atoms. The lowest BCUT2D eigenvalue weighted by Gasteiger charge is -2.10. The lowest BCUT2D eigenvalue weighted by atomic mass is 10.1. The first-order chi connectivity index (χ1) is 16.4. The highest BCUT2D eigenvalue weighted by atomic mass is 35.5. The van der Waals surface area contributed by atoms with Crippen LogP contribution in [0.5, 0.6) is 0 Å². The minimum absolute atomic E-state index is 0.137. The maximum Gasteiger partial charge on any atom is 0.291 e. The molecule has 3 rings (SSSR count). The molecule has 1 aromatic heterocycles. The number of benzene rings is 2. The zero-order valence-corrected chi connectivity index (χ0v) is 19.4. The number of aromatic nitrogens is 2. The lowest BCUT2D eigenvalue weighted by Crippen LogP contribution is -2.22. The number of H-pyrrole nitrogens is 1. The number of carbonyl (C=O) groups is 2. The first kappa shape index (κ1) is 24.7. The van der Waals surface area contributed by atoms with Crippen molar-refractivity contribution in [1.82, 2.24) is 9.97 Å². The van der Waals surface area contributed by atoms with Crippen LogP contribution in [0.15, 0.2) is 53.3 Å². The third kappa shape index (κ3) is 6.53. The average molecular weight is 478 g/mol. The molecule has 2 aromatic carbocycles. The van der Waals surface area contributed by atoms with E-state index in [1.165, 1.54) is 0 Å². The van der Waals surface area contributed by atoms with E-state index in [0.717, 1.165) is 19.3 Å². The van der Waals surface area contributed by atoms with Crippen molar-refractivity contribution in [1.29, 1.82) is 5.26 Å². The monoisotopic (exact) mass is 477 g/mol. The van der Waals surface area contributed by atoms with Crippen molar-refractivity contribution in [2.75, 3.05) is 10.6 Å². The summed E-state index contributed by atoms with van der Waals surface area (Å²) < 4.78 is 0. The Labute approximate surface area is 202 Å². The van der Waals surface area contributed by atoms with Crippen molar-refractivity contribution < 1.29 is 9.59 Å². The molecule has 174 valence electrons. The van der Waals surface area contributed by atoms with Crippen LogP contribution >= 0.6 is 11.6 Å². The van der Waals surface area contributed by atoms with Gasteiger partial charge in [-0.25, -0.2) is 4.98 Å². The van der Waals surface area contributed by atoms with E-state index in [4.69, 9.17) is 11.6 Å². The number of unbranched alkanes of at least 4 members (excludes halogenated alkanes) is 3. The quantitative estimate of drug-likeness (QED) is 0.272. The second-order valence-electron chi connectivity index (χ2n) is 7.65. The number of ketones is 1. The van der Waals surface area contributed by atoms with E-state index < -0.39 is 17.2 Å². The molecule has 3 N–H and O–H groups in total. The highest BCUT2D eigenvalue weighted by Gasteiger charge is 2.16. The molecule has 3 aromatic rings. The predicted octanol–water partition coefficient (Wildman–Crippen LogP) is 5.18. The Hall–Kier alpha value is -3.96. The van der Waals surface area contributed by atoms with Crippen LogP contribution in [0.4, 0.5) is 17.3 Å². The van der Waals surface area contributed by atoms with Gasteiger partial charge in [-0.2, -0.15) is 5.26 Å². The van der Waals surface area contributed by atoms with Crippen molar-refractivity contribution in [3.63, 3.8) is 0 Å². The molecule has 1 heterocycles. The van der Waals surface area contributed by atoms with E-state index in [9.17, 15) is 19.6 Å². The Kier molecular flexibility index (Phi) is 8.54. The number of Topliss-reactive ketones (excluding diaryl/α,β-unsaturated/α-hetero) is 1. The Bertz CT molecular complexity index is 1280. The van der Waals surface area contributed by atoms with Crippen LogP contribution < -0.4 is 16.2 Å². The van der Waals surface area contributed by atoms with E-state index in [1.54, 1.807) is 48.5 Å². The van der Waals surface area contributed by atoms with E-state index in [0.29, 0.717) is 28.4 Å². The van der Waals surface area contributed by atoms with Crippen LogP contribution in [0.3, 0.4) is 0 Å². The number of anilines is 3. The second kappa shape index (κ2) is 11.8. The van der Waals surface area contributed by atoms with Gasteiger partial charge in [-0.15, -0.1) is 0 Å². The van der Waals surface area contributed by atoms with Crippen LogP contribution in [0.25, 0.3) is 11.3 Å². The summed E-state index contributed by atoms with van der Waals surface area (Å²) in [4.78, 5) is 43.9. The highest BCUT2D eigenvalue weighted by molar-refractivity contribution is 6.40. The molecule has 0 bridgehead atoms. The summed E-state index contributed by atoms with van der Waals surface area (Å²) in [6.07, 6.45) is 3.84. The van der Waals surface area contributed by atoms with Crippen molar-refractivity contribution in [2.24, 2.45) is 0 Å². The van der Waals surface area contributed by atoms with Gasteiger partial charge in [-0.3, -0.25) is 19.4 Å². The maximum atomic E-state index is 12.5. The summed E-state index contributed by atoms with van der Waals surface area (Å²) >= 11 is 5.90. The molecule has 0 radical (unpaired) electrons. The van der Waals surface area contributed by atoms with Gasteiger partial charge in [-0.1, -0.05) is 49.9 Å². The topological polar surface area (TPSA) is 128 Å². The highest BCUT2D eigenvalue weighted by Crippen LogP contribution is 2.24. The van der Waals surface area contributed by atoms with Crippen LogP contribution in [-0.4, -0.2) is 21.7 Å². The summed E-state index contributed by atoms with van der Waals surface area (Å²) in [5, 5.41) is 15.6. The molecule has 9 heteroatoms. The number of nitriles is 1. The normalized spacial score (nSPS) is 10.4.